The van der Waals surface area contributed by atoms with Gasteiger partial charge in [0.05, 0.1) is 12.1 Å². The predicted octanol–water partition coefficient (Wildman–Crippen LogP) is 2.91. The molecule has 4 heterocycles. The van der Waals surface area contributed by atoms with Crippen molar-refractivity contribution in [2.24, 2.45) is 0 Å². The van der Waals surface area contributed by atoms with Crippen molar-refractivity contribution in [2.75, 3.05) is 37.9 Å². The van der Waals surface area contributed by atoms with Crippen LogP contribution in [0.2, 0.25) is 0 Å². The average Bonchev–Trinajstić information content (AvgIpc) is 3.63. The number of hydrogen-bond donors (Lipinski definition) is 2. The van der Waals surface area contributed by atoms with Crippen LogP contribution in [-0.4, -0.2) is 68.2 Å². The fourth-order valence-electron chi connectivity index (χ4n) is 5.49. The van der Waals surface area contributed by atoms with Gasteiger partial charge in [0.25, 0.3) is 5.56 Å². The summed E-state index contributed by atoms with van der Waals surface area (Å²) in [5, 5.41) is 23.3. The van der Waals surface area contributed by atoms with Crippen LogP contribution >= 0.6 is 0 Å². The SMILES string of the molecule is O=c1[nH]c2cc3c(cc2cc1[C@H](c1nnnn1Cc1ccccc1)N1CCN(c2ccc(O)cc2)CC1)OCO3. The van der Waals surface area contributed by atoms with Crippen LogP contribution < -0.4 is 19.9 Å². The van der Waals surface area contributed by atoms with Gasteiger partial charge >= 0.3 is 0 Å². The zero-order valence-electron chi connectivity index (χ0n) is 21.6. The minimum atomic E-state index is -0.473. The van der Waals surface area contributed by atoms with Crippen LogP contribution in [0.3, 0.4) is 0 Å². The topological polar surface area (TPSA) is 122 Å². The second-order valence-corrected chi connectivity index (χ2v) is 9.97. The first kappa shape index (κ1) is 24.2. The van der Waals surface area contributed by atoms with Crippen LogP contribution in [-0.2, 0) is 6.54 Å². The Morgan fingerprint density at radius 1 is 0.925 bits per heavy atom. The minimum absolute atomic E-state index is 0.158. The number of pyridine rings is 1. The number of aromatic hydroxyl groups is 1. The van der Waals surface area contributed by atoms with Gasteiger partial charge in [0, 0.05) is 48.9 Å². The highest BCUT2D eigenvalue weighted by molar-refractivity contribution is 5.83. The maximum absolute atomic E-state index is 13.6. The number of rotatable bonds is 6. The van der Waals surface area contributed by atoms with E-state index in [4.69, 9.17) is 9.47 Å². The second kappa shape index (κ2) is 10.0. The van der Waals surface area contributed by atoms with E-state index in [1.807, 2.05) is 54.6 Å². The minimum Gasteiger partial charge on any atom is -0.508 e. The van der Waals surface area contributed by atoms with Crippen LogP contribution in [0.5, 0.6) is 17.2 Å². The van der Waals surface area contributed by atoms with Gasteiger partial charge in [-0.05, 0) is 52.4 Å². The third kappa shape index (κ3) is 4.50. The Kier molecular flexibility index (Phi) is 6.05. The van der Waals surface area contributed by atoms with E-state index in [1.54, 1.807) is 22.9 Å². The summed E-state index contributed by atoms with van der Waals surface area (Å²) in [5.74, 6) is 2.11. The van der Waals surface area contributed by atoms with Gasteiger partial charge in [0.15, 0.2) is 17.3 Å². The van der Waals surface area contributed by atoms with Crippen molar-refractivity contribution < 1.29 is 14.6 Å². The van der Waals surface area contributed by atoms with Crippen molar-refractivity contribution in [3.8, 4) is 17.2 Å². The number of aromatic nitrogens is 5. The van der Waals surface area contributed by atoms with Crippen molar-refractivity contribution in [3.05, 3.63) is 100 Å². The Morgan fingerprint density at radius 2 is 1.68 bits per heavy atom. The molecule has 5 aromatic rings. The first-order valence-electron chi connectivity index (χ1n) is 13.2. The summed E-state index contributed by atoms with van der Waals surface area (Å²) in [6.07, 6.45) is 0. The molecular formula is C29H27N7O4. The Bertz CT molecular complexity index is 1710. The van der Waals surface area contributed by atoms with E-state index < -0.39 is 6.04 Å². The number of phenolic OH excluding ortho intramolecular Hbond substituents is 1. The molecule has 2 aliphatic rings. The highest BCUT2D eigenvalue weighted by atomic mass is 16.7. The summed E-state index contributed by atoms with van der Waals surface area (Å²) in [6.45, 7) is 3.49. The molecule has 2 N–H and O–H groups in total. The lowest BCUT2D eigenvalue weighted by atomic mass is 10.0. The normalized spacial score (nSPS) is 15.9. The number of aromatic amines is 1. The summed E-state index contributed by atoms with van der Waals surface area (Å²) in [6, 6.07) is 22.4. The number of benzene rings is 3. The van der Waals surface area contributed by atoms with Crippen molar-refractivity contribution in [1.29, 1.82) is 0 Å². The van der Waals surface area contributed by atoms with Crippen LogP contribution in [0.25, 0.3) is 10.9 Å². The number of ether oxygens (including phenoxy) is 2. The molecule has 1 atom stereocenters. The van der Waals surface area contributed by atoms with Crippen LogP contribution in [0, 0.1) is 0 Å². The molecule has 2 aromatic heterocycles. The summed E-state index contributed by atoms with van der Waals surface area (Å²) in [4.78, 5) is 21.2. The lowest BCUT2D eigenvalue weighted by Gasteiger charge is -2.39. The van der Waals surface area contributed by atoms with E-state index in [1.165, 1.54) is 0 Å². The van der Waals surface area contributed by atoms with Crippen molar-refractivity contribution >= 4 is 16.6 Å². The monoisotopic (exact) mass is 537 g/mol. The Balaban J connectivity index is 1.27. The number of fused-ring (bicyclic) bond motifs is 2. The van der Waals surface area contributed by atoms with Crippen LogP contribution in [0.1, 0.15) is 23.0 Å². The van der Waals surface area contributed by atoms with Crippen molar-refractivity contribution in [3.63, 3.8) is 0 Å². The molecule has 0 unspecified atom stereocenters. The van der Waals surface area contributed by atoms with Gasteiger partial charge in [-0.15, -0.1) is 5.10 Å². The van der Waals surface area contributed by atoms with Gasteiger partial charge in [-0.1, -0.05) is 30.3 Å². The molecule has 202 valence electrons. The summed E-state index contributed by atoms with van der Waals surface area (Å²) in [5.41, 5.74) is 3.15. The second-order valence-electron chi connectivity index (χ2n) is 9.97. The lowest BCUT2D eigenvalue weighted by Crippen LogP contribution is -2.49. The third-order valence-electron chi connectivity index (χ3n) is 7.53. The molecule has 2 aliphatic heterocycles. The molecule has 0 aliphatic carbocycles. The molecule has 11 heteroatoms. The highest BCUT2D eigenvalue weighted by Gasteiger charge is 2.33. The molecule has 1 saturated heterocycles. The Labute approximate surface area is 229 Å². The highest BCUT2D eigenvalue weighted by Crippen LogP contribution is 2.36. The summed E-state index contributed by atoms with van der Waals surface area (Å²) < 4.78 is 12.9. The van der Waals surface area contributed by atoms with Crippen LogP contribution in [0.15, 0.2) is 77.6 Å². The van der Waals surface area contributed by atoms with Gasteiger partial charge < -0.3 is 24.5 Å². The van der Waals surface area contributed by atoms with E-state index in [-0.39, 0.29) is 18.1 Å². The largest absolute Gasteiger partial charge is 0.508 e. The predicted molar refractivity (Wildman–Crippen MR) is 148 cm³/mol. The maximum Gasteiger partial charge on any atom is 0.253 e. The van der Waals surface area contributed by atoms with E-state index in [9.17, 15) is 9.90 Å². The third-order valence-corrected chi connectivity index (χ3v) is 7.53. The number of phenols is 1. The Hall–Kier alpha value is -4.90. The maximum atomic E-state index is 13.6. The molecule has 0 amide bonds. The molecule has 0 saturated carbocycles. The fourth-order valence-corrected chi connectivity index (χ4v) is 5.49. The summed E-state index contributed by atoms with van der Waals surface area (Å²) >= 11 is 0. The number of nitrogens with one attached hydrogen (secondary N) is 1. The lowest BCUT2D eigenvalue weighted by molar-refractivity contribution is 0.174. The molecule has 0 radical (unpaired) electrons. The summed E-state index contributed by atoms with van der Waals surface area (Å²) in [7, 11) is 0. The van der Waals surface area contributed by atoms with Crippen molar-refractivity contribution in [2.45, 2.75) is 12.6 Å². The molecule has 0 bridgehead atoms. The number of nitrogens with zero attached hydrogens (tertiary/aromatic N) is 6. The smallest absolute Gasteiger partial charge is 0.253 e. The van der Waals surface area contributed by atoms with Gasteiger partial charge in [-0.2, -0.15) is 0 Å². The van der Waals surface area contributed by atoms with Gasteiger partial charge in [0.2, 0.25) is 6.79 Å². The first-order chi connectivity index (χ1) is 19.6. The quantitative estimate of drug-likeness (QED) is 0.337. The first-order valence-corrected chi connectivity index (χ1v) is 13.2. The molecule has 7 rings (SSSR count). The number of tetrazole rings is 1. The molecule has 0 spiro atoms. The zero-order chi connectivity index (χ0) is 27.1. The van der Waals surface area contributed by atoms with E-state index in [2.05, 4.69) is 30.3 Å². The zero-order valence-corrected chi connectivity index (χ0v) is 21.6. The molecule has 40 heavy (non-hydrogen) atoms. The Morgan fingerprint density at radius 3 is 2.45 bits per heavy atom. The molecule has 1 fully saturated rings. The standard InChI is InChI=1S/C29H27N7O4/c37-22-8-6-21(7-9-22)34-10-12-35(13-11-34)27(28-31-32-33-36(28)17-19-4-2-1-3-5-19)23-14-20-15-25-26(40-18-39-25)16-24(20)30-29(23)38/h1-9,14-16,27,37H,10-13,17-18H2,(H,30,38)/t27-/m1/s1. The molecule has 3 aromatic carbocycles. The number of hydrogen-bond acceptors (Lipinski definition) is 9. The van der Waals surface area contributed by atoms with E-state index >= 15 is 0 Å². The van der Waals surface area contributed by atoms with Gasteiger partial charge in [-0.25, -0.2) is 4.68 Å². The van der Waals surface area contributed by atoms with Gasteiger partial charge in [0.1, 0.15) is 11.8 Å². The van der Waals surface area contributed by atoms with Crippen molar-refractivity contribution in [1.82, 2.24) is 30.1 Å². The fraction of sp³-hybridized carbons (Fsp3) is 0.241. The van der Waals surface area contributed by atoms with Crippen LogP contribution in [0.4, 0.5) is 5.69 Å². The molecular weight excluding hydrogens is 510 g/mol. The van der Waals surface area contributed by atoms with Gasteiger partial charge in [-0.3, -0.25) is 9.69 Å². The average molecular weight is 538 g/mol. The number of piperazine rings is 1. The number of H-pyrrole nitrogens is 1. The number of anilines is 1. The van der Waals surface area contributed by atoms with E-state index in [0.29, 0.717) is 48.0 Å². The molecule has 11 nitrogen and oxygen atoms in total. The van der Waals surface area contributed by atoms with E-state index in [0.717, 1.165) is 29.7 Å².